The van der Waals surface area contributed by atoms with Crippen LogP contribution in [0.4, 0.5) is 0 Å². The maximum absolute atomic E-state index is 11.9. The monoisotopic (exact) mass is 299 g/mol. The van der Waals surface area contributed by atoms with E-state index in [1.807, 2.05) is 6.07 Å². The summed E-state index contributed by atoms with van der Waals surface area (Å²) in [5, 5.41) is -0.629. The fraction of sp³-hybridized carbons (Fsp3) is 0.538. The van der Waals surface area contributed by atoms with Crippen molar-refractivity contribution in [2.45, 2.75) is 16.7 Å². The van der Waals surface area contributed by atoms with Crippen LogP contribution < -0.4 is 15.2 Å². The van der Waals surface area contributed by atoms with Gasteiger partial charge in [0.15, 0.2) is 21.3 Å². The standard InChI is InChI=1S/C13H17NO5S/c1-17-6-13(14)11(12(13)20(2,15)16)8-3-4-9-10(5-8)19-7-18-9/h3-5,11-12H,6-7,14H2,1-2H3/t11-,12+,13-/m1/s1. The molecule has 20 heavy (non-hydrogen) atoms. The highest BCUT2D eigenvalue weighted by atomic mass is 32.2. The van der Waals surface area contributed by atoms with Crippen LogP contribution in [0.5, 0.6) is 11.5 Å². The lowest BCUT2D eigenvalue weighted by Gasteiger charge is -2.10. The Bertz CT molecular complexity index is 644. The maximum Gasteiger partial charge on any atom is 0.231 e. The van der Waals surface area contributed by atoms with Crippen molar-refractivity contribution in [3.63, 3.8) is 0 Å². The van der Waals surface area contributed by atoms with Crippen molar-refractivity contribution in [2.75, 3.05) is 26.8 Å². The van der Waals surface area contributed by atoms with Gasteiger partial charge in [-0.3, -0.25) is 0 Å². The average Bonchev–Trinajstić information content (AvgIpc) is 2.77. The molecule has 0 unspecified atom stereocenters. The molecule has 1 aliphatic carbocycles. The summed E-state index contributed by atoms with van der Waals surface area (Å²) in [7, 11) is -1.73. The molecule has 1 aromatic rings. The fourth-order valence-corrected chi connectivity index (χ4v) is 4.92. The first-order chi connectivity index (χ1) is 9.38. The normalized spacial score (nSPS) is 31.4. The predicted octanol–water partition coefficient (Wildman–Crippen LogP) is 0.270. The number of rotatable bonds is 4. The summed E-state index contributed by atoms with van der Waals surface area (Å²) in [4.78, 5) is 0. The van der Waals surface area contributed by atoms with Crippen molar-refractivity contribution in [1.29, 1.82) is 0 Å². The lowest BCUT2D eigenvalue weighted by Crippen LogP contribution is -2.35. The largest absolute Gasteiger partial charge is 0.454 e. The second-order valence-electron chi connectivity index (χ2n) is 5.39. The van der Waals surface area contributed by atoms with E-state index in [1.54, 1.807) is 12.1 Å². The SMILES string of the molecule is COC[C@@]1(N)[C@H](c2ccc3c(c2)OCO3)[C@@H]1S(C)(=O)=O. The molecule has 1 aromatic carbocycles. The van der Waals surface area contributed by atoms with Gasteiger partial charge in [0.1, 0.15) is 0 Å². The molecule has 0 saturated heterocycles. The van der Waals surface area contributed by atoms with E-state index in [9.17, 15) is 8.42 Å². The Morgan fingerprint density at radius 1 is 1.40 bits per heavy atom. The Morgan fingerprint density at radius 2 is 2.10 bits per heavy atom. The van der Waals surface area contributed by atoms with Crippen LogP contribution in [0.2, 0.25) is 0 Å². The van der Waals surface area contributed by atoms with Crippen molar-refractivity contribution >= 4 is 9.84 Å². The minimum Gasteiger partial charge on any atom is -0.454 e. The molecule has 0 bridgehead atoms. The Labute approximate surface area is 117 Å². The highest BCUT2D eigenvalue weighted by Crippen LogP contribution is 2.55. The number of fused-ring (bicyclic) bond motifs is 1. The third-order valence-corrected chi connectivity index (χ3v) is 5.55. The first-order valence-electron chi connectivity index (χ1n) is 6.24. The zero-order valence-corrected chi connectivity index (χ0v) is 12.1. The number of sulfone groups is 1. The van der Waals surface area contributed by atoms with Gasteiger partial charge in [0.25, 0.3) is 0 Å². The van der Waals surface area contributed by atoms with E-state index < -0.39 is 20.6 Å². The molecule has 1 heterocycles. The van der Waals surface area contributed by atoms with Gasteiger partial charge in [-0.25, -0.2) is 8.42 Å². The summed E-state index contributed by atoms with van der Waals surface area (Å²) in [6.07, 6.45) is 1.21. The summed E-state index contributed by atoms with van der Waals surface area (Å²) >= 11 is 0. The molecule has 0 spiro atoms. The summed E-state index contributed by atoms with van der Waals surface area (Å²) < 4.78 is 39.5. The molecular weight excluding hydrogens is 282 g/mol. The van der Waals surface area contributed by atoms with Gasteiger partial charge in [0.05, 0.1) is 17.4 Å². The number of methoxy groups -OCH3 is 1. The average molecular weight is 299 g/mol. The van der Waals surface area contributed by atoms with E-state index >= 15 is 0 Å². The van der Waals surface area contributed by atoms with Crippen molar-refractivity contribution < 1.29 is 22.6 Å². The number of benzene rings is 1. The van der Waals surface area contributed by atoms with Crippen LogP contribution in [0.15, 0.2) is 18.2 Å². The topological polar surface area (TPSA) is 87.8 Å². The van der Waals surface area contributed by atoms with E-state index in [0.29, 0.717) is 11.5 Å². The van der Waals surface area contributed by atoms with Gasteiger partial charge in [-0.1, -0.05) is 6.07 Å². The molecule has 0 aromatic heterocycles. The molecule has 2 N–H and O–H groups in total. The quantitative estimate of drug-likeness (QED) is 0.858. The molecule has 3 rings (SSSR count). The number of ether oxygens (including phenoxy) is 3. The highest BCUT2D eigenvalue weighted by molar-refractivity contribution is 7.91. The van der Waals surface area contributed by atoms with Crippen LogP contribution in [0.25, 0.3) is 0 Å². The van der Waals surface area contributed by atoms with E-state index in [2.05, 4.69) is 0 Å². The van der Waals surface area contributed by atoms with Gasteiger partial charge in [-0.2, -0.15) is 0 Å². The Morgan fingerprint density at radius 3 is 2.75 bits per heavy atom. The molecule has 1 aliphatic heterocycles. The first-order valence-corrected chi connectivity index (χ1v) is 8.19. The molecule has 6 nitrogen and oxygen atoms in total. The van der Waals surface area contributed by atoms with Crippen molar-refractivity contribution in [3.8, 4) is 11.5 Å². The molecule has 0 radical (unpaired) electrons. The van der Waals surface area contributed by atoms with Gasteiger partial charge in [0.2, 0.25) is 6.79 Å². The molecular formula is C13H17NO5S. The molecule has 3 atom stereocenters. The second kappa shape index (κ2) is 4.34. The minimum atomic E-state index is -3.25. The van der Waals surface area contributed by atoms with Crippen LogP contribution >= 0.6 is 0 Å². The minimum absolute atomic E-state index is 0.185. The van der Waals surface area contributed by atoms with Crippen LogP contribution in [-0.4, -0.2) is 46.0 Å². The zero-order chi connectivity index (χ0) is 14.5. The van der Waals surface area contributed by atoms with E-state index in [4.69, 9.17) is 19.9 Å². The Balaban J connectivity index is 1.97. The second-order valence-corrected chi connectivity index (χ2v) is 7.55. The van der Waals surface area contributed by atoms with Crippen molar-refractivity contribution in [1.82, 2.24) is 0 Å². The molecule has 0 amide bonds. The smallest absolute Gasteiger partial charge is 0.231 e. The predicted molar refractivity (Wildman–Crippen MR) is 72.7 cm³/mol. The van der Waals surface area contributed by atoms with Crippen LogP contribution in [0.1, 0.15) is 11.5 Å². The van der Waals surface area contributed by atoms with Gasteiger partial charge in [-0.05, 0) is 17.7 Å². The number of hydrogen-bond acceptors (Lipinski definition) is 6. The Hall–Kier alpha value is -1.31. The Kier molecular flexibility index (Phi) is 2.97. The zero-order valence-electron chi connectivity index (χ0n) is 11.3. The summed E-state index contributed by atoms with van der Waals surface area (Å²) in [5.41, 5.74) is 6.19. The molecule has 7 heteroatoms. The molecule has 1 saturated carbocycles. The van der Waals surface area contributed by atoms with Gasteiger partial charge in [-0.15, -0.1) is 0 Å². The third kappa shape index (κ3) is 1.97. The lowest BCUT2D eigenvalue weighted by atomic mass is 10.1. The van der Waals surface area contributed by atoms with E-state index in [-0.39, 0.29) is 19.3 Å². The first kappa shape index (κ1) is 13.7. The van der Waals surface area contributed by atoms with E-state index in [0.717, 1.165) is 5.56 Å². The fourth-order valence-electron chi connectivity index (χ4n) is 3.08. The van der Waals surface area contributed by atoms with Gasteiger partial charge in [0, 0.05) is 19.3 Å². The number of hydrogen-bond donors (Lipinski definition) is 1. The van der Waals surface area contributed by atoms with Gasteiger partial charge < -0.3 is 19.9 Å². The molecule has 110 valence electrons. The highest BCUT2D eigenvalue weighted by Gasteiger charge is 2.68. The maximum atomic E-state index is 11.9. The summed E-state index contributed by atoms with van der Waals surface area (Å²) in [6, 6.07) is 5.42. The van der Waals surface area contributed by atoms with Crippen molar-refractivity contribution in [3.05, 3.63) is 23.8 Å². The molecule has 1 fully saturated rings. The van der Waals surface area contributed by atoms with Crippen LogP contribution in [0.3, 0.4) is 0 Å². The summed E-state index contributed by atoms with van der Waals surface area (Å²) in [6.45, 7) is 0.384. The van der Waals surface area contributed by atoms with Crippen LogP contribution in [-0.2, 0) is 14.6 Å². The van der Waals surface area contributed by atoms with Gasteiger partial charge >= 0.3 is 0 Å². The summed E-state index contributed by atoms with van der Waals surface area (Å²) in [5.74, 6) is 1.01. The lowest BCUT2D eigenvalue weighted by molar-refractivity contribution is 0.171. The molecule has 2 aliphatic rings. The third-order valence-electron chi connectivity index (χ3n) is 3.91. The van der Waals surface area contributed by atoms with Crippen LogP contribution in [0, 0.1) is 0 Å². The van der Waals surface area contributed by atoms with Crippen molar-refractivity contribution in [2.24, 2.45) is 5.73 Å². The number of nitrogens with two attached hydrogens (primary N) is 1. The van der Waals surface area contributed by atoms with E-state index in [1.165, 1.54) is 13.4 Å².